The molecule has 1 aromatic rings. The fraction of sp³-hybridized carbons (Fsp3) is 0.667. The van der Waals surface area contributed by atoms with E-state index in [0.29, 0.717) is 18.9 Å². The van der Waals surface area contributed by atoms with E-state index in [-0.39, 0.29) is 29.7 Å². The number of carbonyl (C=O) groups excluding carboxylic acids is 1. The average Bonchev–Trinajstić information content (AvgIpc) is 3.16. The number of carboxylic acids is 1. The maximum absolute atomic E-state index is 12.4. The van der Waals surface area contributed by atoms with Crippen LogP contribution in [0.15, 0.2) is 12.4 Å². The number of carbonyl (C=O) groups is 2. The Labute approximate surface area is 122 Å². The molecular weight excluding hydrogens is 270 g/mol. The topological polar surface area (TPSA) is 84.2 Å². The molecule has 2 heterocycles. The Morgan fingerprint density at radius 3 is 2.81 bits per heavy atom. The lowest BCUT2D eigenvalue weighted by Gasteiger charge is -2.27. The Bertz CT molecular complexity index is 576. The number of carboxylic acid groups (broad SMARTS) is 1. The van der Waals surface area contributed by atoms with E-state index in [1.807, 2.05) is 10.8 Å². The predicted molar refractivity (Wildman–Crippen MR) is 73.3 cm³/mol. The first-order valence-electron chi connectivity index (χ1n) is 7.65. The maximum Gasteiger partial charge on any atom is 0.306 e. The van der Waals surface area contributed by atoms with Gasteiger partial charge >= 0.3 is 5.97 Å². The molecule has 0 radical (unpaired) electrons. The second-order valence-corrected chi connectivity index (χ2v) is 6.68. The molecule has 1 aromatic heterocycles. The number of imidazole rings is 1. The van der Waals surface area contributed by atoms with Crippen LogP contribution in [0.4, 0.5) is 0 Å². The summed E-state index contributed by atoms with van der Waals surface area (Å²) < 4.78 is 2.03. The molecule has 0 saturated heterocycles. The van der Waals surface area contributed by atoms with Crippen LogP contribution in [0, 0.1) is 23.7 Å². The van der Waals surface area contributed by atoms with Gasteiger partial charge in [-0.25, -0.2) is 4.98 Å². The molecular formula is C15H19N3O3. The molecule has 2 aliphatic carbocycles. The van der Waals surface area contributed by atoms with Crippen LogP contribution in [0.3, 0.4) is 0 Å². The zero-order chi connectivity index (χ0) is 14.6. The monoisotopic (exact) mass is 289 g/mol. The van der Waals surface area contributed by atoms with Crippen LogP contribution in [0.2, 0.25) is 0 Å². The maximum atomic E-state index is 12.4. The lowest BCUT2D eigenvalue weighted by atomic mass is 9.86. The summed E-state index contributed by atoms with van der Waals surface area (Å²) in [4.78, 5) is 27.8. The molecule has 2 fully saturated rings. The zero-order valence-electron chi connectivity index (χ0n) is 11.7. The van der Waals surface area contributed by atoms with Crippen LogP contribution >= 0.6 is 0 Å². The van der Waals surface area contributed by atoms with Crippen molar-refractivity contribution in [2.24, 2.45) is 23.7 Å². The van der Waals surface area contributed by atoms with Gasteiger partial charge < -0.3 is 15.0 Å². The van der Waals surface area contributed by atoms with Crippen molar-refractivity contribution in [2.45, 2.75) is 38.3 Å². The quantitative estimate of drug-likeness (QED) is 0.856. The highest BCUT2D eigenvalue weighted by atomic mass is 16.4. The average molecular weight is 289 g/mol. The SMILES string of the molecule is O=C(N[C@@H]1C[C@H]2C[C@@H]1C[C@H]2C(=O)O)C1Cc2nccn2C1. The lowest BCUT2D eigenvalue weighted by molar-refractivity contribution is -0.143. The molecule has 2 saturated carbocycles. The number of aromatic nitrogens is 2. The molecule has 0 spiro atoms. The minimum Gasteiger partial charge on any atom is -0.481 e. The summed E-state index contributed by atoms with van der Waals surface area (Å²) in [7, 11) is 0. The highest BCUT2D eigenvalue weighted by Crippen LogP contribution is 2.48. The molecule has 6 heteroatoms. The van der Waals surface area contributed by atoms with Crippen LogP contribution in [0.25, 0.3) is 0 Å². The van der Waals surface area contributed by atoms with Crippen molar-refractivity contribution < 1.29 is 14.7 Å². The van der Waals surface area contributed by atoms with Gasteiger partial charge in [-0.2, -0.15) is 0 Å². The molecule has 1 unspecified atom stereocenters. The third-order valence-electron chi connectivity index (χ3n) is 5.52. The third-order valence-corrected chi connectivity index (χ3v) is 5.52. The number of aliphatic carboxylic acids is 1. The van der Waals surface area contributed by atoms with Crippen LogP contribution in [0.5, 0.6) is 0 Å². The minimum atomic E-state index is -0.673. The molecule has 2 N–H and O–H groups in total. The van der Waals surface area contributed by atoms with Crippen LogP contribution < -0.4 is 5.32 Å². The summed E-state index contributed by atoms with van der Waals surface area (Å²) in [5, 5.41) is 12.3. The Morgan fingerprint density at radius 1 is 1.29 bits per heavy atom. The standard InChI is InChI=1S/C15H19N3O3/c19-14(10-6-13-16-1-2-18(13)7-10)17-12-5-8-3-9(12)4-11(8)15(20)21/h1-2,8-12H,3-7H2,(H,17,19)(H,20,21)/t8-,9-,10?,11-,12-/m1/s1. The number of hydrogen-bond acceptors (Lipinski definition) is 3. The second-order valence-electron chi connectivity index (χ2n) is 6.68. The van der Waals surface area contributed by atoms with Gasteiger partial charge in [0.25, 0.3) is 0 Å². The lowest BCUT2D eigenvalue weighted by Crippen LogP contribution is -2.43. The Hall–Kier alpha value is -1.85. The molecule has 21 heavy (non-hydrogen) atoms. The number of amides is 1. The molecule has 5 atom stereocenters. The first kappa shape index (κ1) is 12.9. The highest BCUT2D eigenvalue weighted by Gasteiger charge is 2.49. The molecule has 4 rings (SSSR count). The minimum absolute atomic E-state index is 0.0249. The second kappa shape index (κ2) is 4.58. The van der Waals surface area contributed by atoms with E-state index in [4.69, 9.17) is 5.11 Å². The van der Waals surface area contributed by atoms with Crippen molar-refractivity contribution in [3.8, 4) is 0 Å². The number of rotatable bonds is 3. The predicted octanol–water partition coefficient (Wildman–Crippen LogP) is 0.671. The number of hydrogen-bond donors (Lipinski definition) is 2. The number of fused-ring (bicyclic) bond motifs is 3. The van der Waals surface area contributed by atoms with Crippen LogP contribution in [-0.4, -0.2) is 32.6 Å². The fourth-order valence-corrected chi connectivity index (χ4v) is 4.45. The van der Waals surface area contributed by atoms with Gasteiger partial charge in [-0.15, -0.1) is 0 Å². The first-order chi connectivity index (χ1) is 10.1. The molecule has 112 valence electrons. The summed E-state index contributed by atoms with van der Waals surface area (Å²) in [6.45, 7) is 0.708. The van der Waals surface area contributed by atoms with E-state index in [9.17, 15) is 9.59 Å². The van der Waals surface area contributed by atoms with Gasteiger partial charge in [-0.3, -0.25) is 9.59 Å². The van der Waals surface area contributed by atoms with Crippen molar-refractivity contribution in [1.29, 1.82) is 0 Å². The van der Waals surface area contributed by atoms with Crippen molar-refractivity contribution in [3.63, 3.8) is 0 Å². The van der Waals surface area contributed by atoms with Gasteiger partial charge in [0.15, 0.2) is 0 Å². The normalized spacial score (nSPS) is 36.7. The molecule has 2 bridgehead atoms. The van der Waals surface area contributed by atoms with Crippen molar-refractivity contribution in [3.05, 3.63) is 18.2 Å². The van der Waals surface area contributed by atoms with Gasteiger partial charge in [0.1, 0.15) is 5.82 Å². The Morgan fingerprint density at radius 2 is 2.14 bits per heavy atom. The summed E-state index contributed by atoms with van der Waals surface area (Å²) in [5.74, 6) is 0.783. The van der Waals surface area contributed by atoms with E-state index < -0.39 is 5.97 Å². The van der Waals surface area contributed by atoms with E-state index in [0.717, 1.165) is 25.1 Å². The van der Waals surface area contributed by atoms with Gasteiger partial charge in [-0.05, 0) is 31.1 Å². The Kier molecular flexibility index (Phi) is 2.80. The molecule has 1 amide bonds. The van der Waals surface area contributed by atoms with Gasteiger partial charge in [0, 0.05) is 31.4 Å². The molecule has 3 aliphatic rings. The third kappa shape index (κ3) is 2.04. The van der Waals surface area contributed by atoms with E-state index >= 15 is 0 Å². The van der Waals surface area contributed by atoms with Crippen molar-refractivity contribution >= 4 is 11.9 Å². The summed E-state index contributed by atoms with van der Waals surface area (Å²) in [6.07, 6.45) is 6.89. The van der Waals surface area contributed by atoms with E-state index in [2.05, 4.69) is 10.3 Å². The molecule has 0 aromatic carbocycles. The zero-order valence-corrected chi connectivity index (χ0v) is 11.7. The summed E-state index contributed by atoms with van der Waals surface area (Å²) >= 11 is 0. The van der Waals surface area contributed by atoms with Gasteiger partial charge in [0.05, 0.1) is 11.8 Å². The van der Waals surface area contributed by atoms with E-state index in [1.165, 1.54) is 0 Å². The smallest absolute Gasteiger partial charge is 0.306 e. The molecule has 6 nitrogen and oxygen atoms in total. The van der Waals surface area contributed by atoms with Crippen LogP contribution in [0.1, 0.15) is 25.1 Å². The Balaban J connectivity index is 1.35. The summed E-state index contributed by atoms with van der Waals surface area (Å²) in [6, 6.07) is 0.172. The number of nitrogens with zero attached hydrogens (tertiary/aromatic N) is 2. The van der Waals surface area contributed by atoms with Crippen molar-refractivity contribution in [1.82, 2.24) is 14.9 Å². The number of nitrogens with one attached hydrogen (secondary N) is 1. The fourth-order valence-electron chi connectivity index (χ4n) is 4.45. The van der Waals surface area contributed by atoms with Crippen molar-refractivity contribution in [2.75, 3.05) is 0 Å². The van der Waals surface area contributed by atoms with E-state index in [1.54, 1.807) is 6.20 Å². The highest BCUT2D eigenvalue weighted by molar-refractivity contribution is 5.79. The molecule has 1 aliphatic heterocycles. The largest absolute Gasteiger partial charge is 0.481 e. The van der Waals surface area contributed by atoms with Crippen LogP contribution in [-0.2, 0) is 22.6 Å². The first-order valence-corrected chi connectivity index (χ1v) is 7.65. The van der Waals surface area contributed by atoms with Gasteiger partial charge in [0.2, 0.25) is 5.91 Å². The van der Waals surface area contributed by atoms with Gasteiger partial charge in [-0.1, -0.05) is 0 Å². The summed E-state index contributed by atoms with van der Waals surface area (Å²) in [5.41, 5.74) is 0.